The highest BCUT2D eigenvalue weighted by Gasteiger charge is 2.28. The number of nitrogens with zero attached hydrogens (tertiary/aromatic N) is 2. The maximum absolute atomic E-state index is 12.2. The van der Waals surface area contributed by atoms with Crippen molar-refractivity contribution >= 4 is 27.8 Å². The lowest BCUT2D eigenvalue weighted by Gasteiger charge is -2.21. The minimum Gasteiger partial charge on any atom is -0.488 e. The Bertz CT molecular complexity index is 651. The maximum Gasteiger partial charge on any atom is 0.225 e. The summed E-state index contributed by atoms with van der Waals surface area (Å²) in [5.41, 5.74) is 0. The summed E-state index contributed by atoms with van der Waals surface area (Å²) in [6.07, 6.45) is 0.882. The number of aliphatic imine (C=N–C) groups is 1. The molecule has 2 unspecified atom stereocenters. The number of para-hydroxylation sites is 1. The van der Waals surface area contributed by atoms with E-state index in [0.717, 1.165) is 42.2 Å². The third kappa shape index (κ3) is 6.72. The van der Waals surface area contributed by atoms with Crippen LogP contribution in [0.2, 0.25) is 0 Å². The van der Waals surface area contributed by atoms with Crippen LogP contribution in [-0.4, -0.2) is 55.1 Å². The van der Waals surface area contributed by atoms with E-state index in [4.69, 9.17) is 4.74 Å². The Morgan fingerprint density at radius 3 is 2.78 bits per heavy atom. The fourth-order valence-corrected chi connectivity index (χ4v) is 3.35. The van der Waals surface area contributed by atoms with Crippen LogP contribution in [0.4, 0.5) is 0 Å². The number of hydrogen-bond acceptors (Lipinski definition) is 3. The van der Waals surface area contributed by atoms with Crippen LogP contribution >= 0.6 is 15.9 Å². The summed E-state index contributed by atoms with van der Waals surface area (Å²) in [4.78, 5) is 18.7. The van der Waals surface area contributed by atoms with Crippen LogP contribution in [0.1, 0.15) is 34.1 Å². The summed E-state index contributed by atoms with van der Waals surface area (Å²) in [6, 6.07) is 8.03. The van der Waals surface area contributed by atoms with Crippen molar-refractivity contribution in [2.45, 2.75) is 46.3 Å². The molecule has 1 amide bonds. The minimum atomic E-state index is -0.0539. The van der Waals surface area contributed by atoms with E-state index in [1.807, 2.05) is 56.9 Å². The van der Waals surface area contributed by atoms with E-state index >= 15 is 0 Å². The molecule has 2 rings (SSSR count). The Morgan fingerprint density at radius 1 is 1.37 bits per heavy atom. The standard InChI is InChI=1S/C20H31BrN4O2/c1-5-22-20(24-16-10-11-25(13-16)19(26)14(2)3)23-12-15(4)27-18-9-7-6-8-17(18)21/h6-9,14-16H,5,10-13H2,1-4H3,(H2,22,23,24). The van der Waals surface area contributed by atoms with Crippen LogP contribution in [0.25, 0.3) is 0 Å². The topological polar surface area (TPSA) is 66.0 Å². The molecule has 2 atom stereocenters. The van der Waals surface area contributed by atoms with E-state index in [2.05, 4.69) is 31.6 Å². The Labute approximate surface area is 170 Å². The number of carbonyl (C=O) groups excluding carboxylic acids is 1. The van der Waals surface area contributed by atoms with Gasteiger partial charge < -0.3 is 20.3 Å². The summed E-state index contributed by atoms with van der Waals surface area (Å²) in [6.45, 7) is 10.8. The van der Waals surface area contributed by atoms with Gasteiger partial charge in [-0.25, -0.2) is 4.99 Å². The number of amides is 1. The summed E-state index contributed by atoms with van der Waals surface area (Å²) in [7, 11) is 0. The first-order valence-electron chi connectivity index (χ1n) is 9.65. The molecule has 0 spiro atoms. The first-order valence-corrected chi connectivity index (χ1v) is 10.4. The molecule has 27 heavy (non-hydrogen) atoms. The number of carbonyl (C=O) groups is 1. The highest BCUT2D eigenvalue weighted by atomic mass is 79.9. The molecule has 1 aliphatic rings. The number of ether oxygens (including phenoxy) is 1. The lowest BCUT2D eigenvalue weighted by Crippen LogP contribution is -2.45. The van der Waals surface area contributed by atoms with Crippen LogP contribution < -0.4 is 15.4 Å². The number of rotatable bonds is 7. The molecule has 2 N–H and O–H groups in total. The van der Waals surface area contributed by atoms with Gasteiger partial charge in [0.25, 0.3) is 0 Å². The molecule has 7 heteroatoms. The molecule has 1 saturated heterocycles. The summed E-state index contributed by atoms with van der Waals surface area (Å²) >= 11 is 3.50. The third-order valence-corrected chi connectivity index (χ3v) is 5.01. The fraction of sp³-hybridized carbons (Fsp3) is 0.600. The molecule has 6 nitrogen and oxygen atoms in total. The van der Waals surface area contributed by atoms with Crippen molar-refractivity contribution in [2.24, 2.45) is 10.9 Å². The van der Waals surface area contributed by atoms with Crippen molar-refractivity contribution in [3.05, 3.63) is 28.7 Å². The highest BCUT2D eigenvalue weighted by molar-refractivity contribution is 9.10. The fourth-order valence-electron chi connectivity index (χ4n) is 2.97. The molecule has 0 bridgehead atoms. The first-order chi connectivity index (χ1) is 12.9. The number of likely N-dealkylation sites (tertiary alicyclic amines) is 1. The van der Waals surface area contributed by atoms with Gasteiger partial charge in [0.15, 0.2) is 5.96 Å². The van der Waals surface area contributed by atoms with Crippen molar-refractivity contribution in [2.75, 3.05) is 26.2 Å². The lowest BCUT2D eigenvalue weighted by molar-refractivity contribution is -0.133. The predicted octanol–water partition coefficient (Wildman–Crippen LogP) is 3.03. The Hall–Kier alpha value is -1.76. The summed E-state index contributed by atoms with van der Waals surface area (Å²) < 4.78 is 6.89. The maximum atomic E-state index is 12.2. The number of nitrogens with one attached hydrogen (secondary N) is 2. The van der Waals surface area contributed by atoms with E-state index in [1.165, 1.54) is 0 Å². The van der Waals surface area contributed by atoms with Crippen LogP contribution in [0.15, 0.2) is 33.7 Å². The molecule has 0 radical (unpaired) electrons. The Morgan fingerprint density at radius 2 is 2.11 bits per heavy atom. The molecular formula is C20H31BrN4O2. The zero-order valence-electron chi connectivity index (χ0n) is 16.7. The van der Waals surface area contributed by atoms with Crippen molar-refractivity contribution in [3.63, 3.8) is 0 Å². The van der Waals surface area contributed by atoms with Crippen LogP contribution in [0.3, 0.4) is 0 Å². The molecule has 150 valence electrons. The van der Waals surface area contributed by atoms with Gasteiger partial charge in [-0.15, -0.1) is 0 Å². The van der Waals surface area contributed by atoms with Crippen molar-refractivity contribution in [1.29, 1.82) is 0 Å². The van der Waals surface area contributed by atoms with E-state index in [0.29, 0.717) is 6.54 Å². The number of guanidine groups is 1. The summed E-state index contributed by atoms with van der Waals surface area (Å²) in [5.74, 6) is 1.85. The van der Waals surface area contributed by atoms with Gasteiger partial charge in [0.2, 0.25) is 5.91 Å². The third-order valence-electron chi connectivity index (χ3n) is 4.35. The van der Waals surface area contributed by atoms with E-state index < -0.39 is 0 Å². The monoisotopic (exact) mass is 438 g/mol. The van der Waals surface area contributed by atoms with Crippen LogP contribution in [0.5, 0.6) is 5.75 Å². The zero-order valence-corrected chi connectivity index (χ0v) is 18.3. The molecule has 0 aromatic heterocycles. The molecule has 1 fully saturated rings. The van der Waals surface area contributed by atoms with Gasteiger partial charge in [0.1, 0.15) is 11.9 Å². The SMILES string of the molecule is CCNC(=NCC(C)Oc1ccccc1Br)NC1CCN(C(=O)C(C)C)C1. The van der Waals surface area contributed by atoms with Crippen LogP contribution in [-0.2, 0) is 4.79 Å². The second-order valence-electron chi connectivity index (χ2n) is 7.15. The lowest BCUT2D eigenvalue weighted by atomic mass is 10.2. The van der Waals surface area contributed by atoms with Crippen molar-refractivity contribution < 1.29 is 9.53 Å². The average Bonchev–Trinajstić information content (AvgIpc) is 3.09. The molecule has 0 saturated carbocycles. The number of halogens is 1. The highest BCUT2D eigenvalue weighted by Crippen LogP contribution is 2.24. The molecule has 1 aromatic carbocycles. The van der Waals surface area contributed by atoms with Gasteiger partial charge in [0.05, 0.1) is 11.0 Å². The van der Waals surface area contributed by atoms with E-state index in [9.17, 15) is 4.79 Å². The van der Waals surface area contributed by atoms with Gasteiger partial charge >= 0.3 is 0 Å². The number of hydrogen-bond donors (Lipinski definition) is 2. The van der Waals surface area contributed by atoms with Crippen molar-refractivity contribution in [1.82, 2.24) is 15.5 Å². The molecule has 1 aromatic rings. The Kier molecular flexibility index (Phi) is 8.41. The van der Waals surface area contributed by atoms with Gasteiger partial charge in [-0.05, 0) is 48.3 Å². The first kappa shape index (κ1) is 21.5. The van der Waals surface area contributed by atoms with Crippen LogP contribution in [0, 0.1) is 5.92 Å². The molecule has 0 aliphatic carbocycles. The average molecular weight is 439 g/mol. The van der Waals surface area contributed by atoms with E-state index in [1.54, 1.807) is 0 Å². The Balaban J connectivity index is 1.88. The summed E-state index contributed by atoms with van der Waals surface area (Å²) in [5, 5.41) is 6.73. The predicted molar refractivity (Wildman–Crippen MR) is 113 cm³/mol. The zero-order chi connectivity index (χ0) is 19.8. The van der Waals surface area contributed by atoms with E-state index in [-0.39, 0.29) is 24.0 Å². The normalized spacial score (nSPS) is 18.5. The second-order valence-corrected chi connectivity index (χ2v) is 8.00. The minimum absolute atomic E-state index is 0.0426. The van der Waals surface area contributed by atoms with Gasteiger partial charge in [0, 0.05) is 31.6 Å². The molecular weight excluding hydrogens is 408 g/mol. The van der Waals surface area contributed by atoms with Gasteiger partial charge in [-0.2, -0.15) is 0 Å². The molecule has 1 aliphatic heterocycles. The van der Waals surface area contributed by atoms with Gasteiger partial charge in [-0.3, -0.25) is 4.79 Å². The van der Waals surface area contributed by atoms with Crippen molar-refractivity contribution in [3.8, 4) is 5.75 Å². The quantitative estimate of drug-likeness (QED) is 0.507. The number of benzene rings is 1. The smallest absolute Gasteiger partial charge is 0.225 e. The molecule has 1 heterocycles. The second kappa shape index (κ2) is 10.5. The largest absolute Gasteiger partial charge is 0.488 e. The van der Waals surface area contributed by atoms with Gasteiger partial charge in [-0.1, -0.05) is 26.0 Å².